The zero-order chi connectivity index (χ0) is 11.7. The van der Waals surface area contributed by atoms with Crippen LogP contribution in [0.15, 0.2) is 0 Å². The fourth-order valence-corrected chi connectivity index (χ4v) is 1.73. The van der Waals surface area contributed by atoms with E-state index in [4.69, 9.17) is 10.5 Å². The highest BCUT2D eigenvalue weighted by Gasteiger charge is 2.26. The molecule has 0 amide bonds. The summed E-state index contributed by atoms with van der Waals surface area (Å²) in [5.41, 5.74) is 5.97. The Morgan fingerprint density at radius 3 is 2.27 bits per heavy atom. The lowest BCUT2D eigenvalue weighted by Gasteiger charge is -2.39. The summed E-state index contributed by atoms with van der Waals surface area (Å²) in [5, 5.41) is 0. The third kappa shape index (κ3) is 4.96. The molecule has 3 heteroatoms. The molecule has 0 heterocycles. The van der Waals surface area contributed by atoms with Gasteiger partial charge in [-0.15, -0.1) is 0 Å². The molecule has 15 heavy (non-hydrogen) atoms. The van der Waals surface area contributed by atoms with Crippen molar-refractivity contribution in [1.29, 1.82) is 0 Å². The number of nitrogens with two attached hydrogens (primary N) is 1. The summed E-state index contributed by atoms with van der Waals surface area (Å²) in [6.07, 6.45) is 2.18. The molecule has 0 fully saturated rings. The molecular formula is C12H28N2O. The SMILES string of the molecule is CCCOCCN(CC)C(C)(CC)CN. The molecule has 0 radical (unpaired) electrons. The third-order valence-corrected chi connectivity index (χ3v) is 3.20. The maximum absolute atomic E-state index is 5.84. The lowest BCUT2D eigenvalue weighted by atomic mass is 9.96. The van der Waals surface area contributed by atoms with E-state index in [0.717, 1.165) is 39.1 Å². The first-order valence-corrected chi connectivity index (χ1v) is 6.17. The van der Waals surface area contributed by atoms with Crippen LogP contribution in [0.4, 0.5) is 0 Å². The van der Waals surface area contributed by atoms with Gasteiger partial charge in [0.25, 0.3) is 0 Å². The van der Waals surface area contributed by atoms with Crippen molar-refractivity contribution < 1.29 is 4.74 Å². The molecule has 0 aromatic rings. The van der Waals surface area contributed by atoms with Gasteiger partial charge in [0.15, 0.2) is 0 Å². The quantitative estimate of drug-likeness (QED) is 0.598. The van der Waals surface area contributed by atoms with Crippen LogP contribution in [0.3, 0.4) is 0 Å². The third-order valence-electron chi connectivity index (χ3n) is 3.20. The van der Waals surface area contributed by atoms with Crippen LogP contribution in [0.25, 0.3) is 0 Å². The van der Waals surface area contributed by atoms with Gasteiger partial charge in [0.1, 0.15) is 0 Å². The van der Waals surface area contributed by atoms with Crippen LogP contribution >= 0.6 is 0 Å². The molecule has 0 aliphatic rings. The van der Waals surface area contributed by atoms with Crippen molar-refractivity contribution in [1.82, 2.24) is 4.90 Å². The van der Waals surface area contributed by atoms with Crippen molar-refractivity contribution in [3.8, 4) is 0 Å². The largest absolute Gasteiger partial charge is 0.380 e. The second kappa shape index (κ2) is 8.08. The normalized spacial score (nSPS) is 15.6. The molecule has 2 N–H and O–H groups in total. The fraction of sp³-hybridized carbons (Fsp3) is 1.00. The van der Waals surface area contributed by atoms with Crippen LogP contribution in [0.2, 0.25) is 0 Å². The van der Waals surface area contributed by atoms with E-state index in [-0.39, 0.29) is 5.54 Å². The van der Waals surface area contributed by atoms with Crippen LogP contribution in [0.1, 0.15) is 40.5 Å². The van der Waals surface area contributed by atoms with E-state index in [0.29, 0.717) is 6.54 Å². The molecule has 92 valence electrons. The van der Waals surface area contributed by atoms with Crippen LogP contribution in [-0.4, -0.2) is 43.3 Å². The molecule has 1 atom stereocenters. The highest BCUT2D eigenvalue weighted by Crippen LogP contribution is 2.17. The molecule has 0 rings (SSSR count). The molecule has 3 nitrogen and oxygen atoms in total. The molecule has 0 aliphatic carbocycles. The molecule has 0 spiro atoms. The average molecular weight is 216 g/mol. The Bertz CT molecular complexity index is 147. The van der Waals surface area contributed by atoms with E-state index in [1.165, 1.54) is 0 Å². The summed E-state index contributed by atoms with van der Waals surface area (Å²) in [4.78, 5) is 2.42. The minimum atomic E-state index is 0.129. The molecule has 0 bridgehead atoms. The smallest absolute Gasteiger partial charge is 0.0593 e. The maximum atomic E-state index is 5.84. The van der Waals surface area contributed by atoms with Crippen LogP contribution in [0.5, 0.6) is 0 Å². The number of nitrogens with zero attached hydrogens (tertiary/aromatic N) is 1. The van der Waals surface area contributed by atoms with Gasteiger partial charge in [-0.3, -0.25) is 4.90 Å². The van der Waals surface area contributed by atoms with Gasteiger partial charge in [0.2, 0.25) is 0 Å². The minimum absolute atomic E-state index is 0.129. The van der Waals surface area contributed by atoms with Crippen LogP contribution in [0, 0.1) is 0 Å². The predicted octanol–water partition coefficient (Wildman–Crippen LogP) is 1.86. The van der Waals surface area contributed by atoms with E-state index in [9.17, 15) is 0 Å². The number of ether oxygens (including phenoxy) is 1. The van der Waals surface area contributed by atoms with Crippen molar-refractivity contribution in [2.45, 2.75) is 46.1 Å². The highest BCUT2D eigenvalue weighted by molar-refractivity contribution is 4.85. The van der Waals surface area contributed by atoms with Crippen molar-refractivity contribution in [3.63, 3.8) is 0 Å². The van der Waals surface area contributed by atoms with Gasteiger partial charge >= 0.3 is 0 Å². The van der Waals surface area contributed by atoms with Gasteiger partial charge in [0.05, 0.1) is 6.61 Å². The molecule has 1 unspecified atom stereocenters. The summed E-state index contributed by atoms with van der Waals surface area (Å²) in [7, 11) is 0. The van der Waals surface area contributed by atoms with Crippen LogP contribution in [-0.2, 0) is 4.74 Å². The Morgan fingerprint density at radius 1 is 1.20 bits per heavy atom. The predicted molar refractivity (Wildman–Crippen MR) is 66.1 cm³/mol. The summed E-state index contributed by atoms with van der Waals surface area (Å²) in [6.45, 7) is 13.2. The first-order chi connectivity index (χ1) is 7.14. The average Bonchev–Trinajstić information content (AvgIpc) is 2.28. The van der Waals surface area contributed by atoms with Gasteiger partial charge in [-0.05, 0) is 26.3 Å². The molecular weight excluding hydrogens is 188 g/mol. The molecule has 0 saturated carbocycles. The zero-order valence-electron chi connectivity index (χ0n) is 10.9. The van der Waals surface area contributed by atoms with Gasteiger partial charge in [0, 0.05) is 25.2 Å². The van der Waals surface area contributed by atoms with E-state index in [2.05, 4.69) is 32.6 Å². The number of rotatable bonds is 9. The van der Waals surface area contributed by atoms with Gasteiger partial charge in [-0.25, -0.2) is 0 Å². The summed E-state index contributed by atoms with van der Waals surface area (Å²) in [6, 6.07) is 0. The standard InChI is InChI=1S/C12H28N2O/c1-5-9-15-10-8-14(7-3)12(4,6-2)11-13/h5-11,13H2,1-4H3. The lowest BCUT2D eigenvalue weighted by molar-refractivity contribution is 0.0548. The molecule has 0 aromatic carbocycles. The number of likely N-dealkylation sites (N-methyl/N-ethyl adjacent to an activating group) is 1. The minimum Gasteiger partial charge on any atom is -0.380 e. The van der Waals surface area contributed by atoms with Crippen molar-refractivity contribution in [3.05, 3.63) is 0 Å². The van der Waals surface area contributed by atoms with Crippen molar-refractivity contribution in [2.24, 2.45) is 5.73 Å². The maximum Gasteiger partial charge on any atom is 0.0593 e. The van der Waals surface area contributed by atoms with Crippen molar-refractivity contribution >= 4 is 0 Å². The lowest BCUT2D eigenvalue weighted by Crippen LogP contribution is -2.52. The Morgan fingerprint density at radius 2 is 1.87 bits per heavy atom. The summed E-state index contributed by atoms with van der Waals surface area (Å²) >= 11 is 0. The second-order valence-corrected chi connectivity index (χ2v) is 4.25. The Labute approximate surface area is 95.0 Å². The highest BCUT2D eigenvalue weighted by atomic mass is 16.5. The topological polar surface area (TPSA) is 38.5 Å². The van der Waals surface area contributed by atoms with E-state index in [1.807, 2.05) is 0 Å². The Hall–Kier alpha value is -0.120. The summed E-state index contributed by atoms with van der Waals surface area (Å²) < 4.78 is 5.52. The molecule has 0 aromatic heterocycles. The summed E-state index contributed by atoms with van der Waals surface area (Å²) in [5.74, 6) is 0. The van der Waals surface area contributed by atoms with E-state index >= 15 is 0 Å². The monoisotopic (exact) mass is 216 g/mol. The first-order valence-electron chi connectivity index (χ1n) is 6.17. The molecule has 0 aliphatic heterocycles. The van der Waals surface area contributed by atoms with E-state index < -0.39 is 0 Å². The number of hydrogen-bond acceptors (Lipinski definition) is 3. The Kier molecular flexibility index (Phi) is 8.02. The fourth-order valence-electron chi connectivity index (χ4n) is 1.73. The van der Waals surface area contributed by atoms with Gasteiger partial charge < -0.3 is 10.5 Å². The number of hydrogen-bond donors (Lipinski definition) is 1. The second-order valence-electron chi connectivity index (χ2n) is 4.25. The van der Waals surface area contributed by atoms with Gasteiger partial charge in [-0.1, -0.05) is 20.8 Å². The van der Waals surface area contributed by atoms with Crippen LogP contribution < -0.4 is 5.73 Å². The zero-order valence-corrected chi connectivity index (χ0v) is 10.9. The van der Waals surface area contributed by atoms with Crippen molar-refractivity contribution in [2.75, 3.05) is 32.8 Å². The van der Waals surface area contributed by atoms with Gasteiger partial charge in [-0.2, -0.15) is 0 Å². The Balaban J connectivity index is 3.99. The first kappa shape index (κ1) is 14.9. The van der Waals surface area contributed by atoms with E-state index in [1.54, 1.807) is 0 Å². The molecule has 0 saturated heterocycles.